The van der Waals surface area contributed by atoms with Crippen LogP contribution in [0.1, 0.15) is 60.1 Å². The summed E-state index contributed by atoms with van der Waals surface area (Å²) in [5, 5.41) is 16.7. The van der Waals surface area contributed by atoms with E-state index in [9.17, 15) is 19.5 Å². The summed E-state index contributed by atoms with van der Waals surface area (Å²) in [6.45, 7) is 1.41. The van der Waals surface area contributed by atoms with Gasteiger partial charge in [0, 0.05) is 47.7 Å². The van der Waals surface area contributed by atoms with Gasteiger partial charge in [0.15, 0.2) is 0 Å². The third-order valence-corrected chi connectivity index (χ3v) is 9.27. The number of nitrogens with zero attached hydrogens (tertiary/aromatic N) is 4. The summed E-state index contributed by atoms with van der Waals surface area (Å²) in [6, 6.07) is 10.4. The molecule has 6 rings (SSSR count). The Hall–Kier alpha value is -3.53. The van der Waals surface area contributed by atoms with Crippen molar-refractivity contribution in [2.45, 2.75) is 63.5 Å². The number of likely N-dealkylation sites (tertiary alicyclic amines) is 1. The smallest absolute Gasteiger partial charge is 0.261 e. The average molecular weight is 623 g/mol. The largest absolute Gasteiger partial charge is 0.388 e. The number of carbonyl (C=O) groups excluding carboxylic acids is 2. The number of hydrogen-bond donors (Lipinski definition) is 2. The Morgan fingerprint density at radius 2 is 1.79 bits per heavy atom. The third-order valence-electron chi connectivity index (χ3n) is 8.61. The van der Waals surface area contributed by atoms with Crippen molar-refractivity contribution in [1.82, 2.24) is 24.8 Å². The van der Waals surface area contributed by atoms with Gasteiger partial charge in [-0.05, 0) is 80.8 Å². The predicted molar refractivity (Wildman–Crippen MR) is 167 cm³/mol. The summed E-state index contributed by atoms with van der Waals surface area (Å²) in [5.41, 5.74) is 2.62. The van der Waals surface area contributed by atoms with Gasteiger partial charge in [0.2, 0.25) is 5.91 Å². The number of nitrogens with one attached hydrogen (secondary N) is 1. The zero-order valence-corrected chi connectivity index (χ0v) is 25.3. The molecule has 1 aliphatic carbocycles. The van der Waals surface area contributed by atoms with E-state index in [-0.39, 0.29) is 23.9 Å². The Labute approximate surface area is 258 Å². The zero-order chi connectivity index (χ0) is 30.1. The maximum Gasteiger partial charge on any atom is 0.261 e. The van der Waals surface area contributed by atoms with Crippen LogP contribution in [0.2, 0.25) is 10.0 Å². The van der Waals surface area contributed by atoms with Gasteiger partial charge >= 0.3 is 0 Å². The fourth-order valence-corrected chi connectivity index (χ4v) is 6.63. The van der Waals surface area contributed by atoms with E-state index in [1.165, 1.54) is 10.9 Å². The highest BCUT2D eigenvalue weighted by molar-refractivity contribution is 6.36. The quantitative estimate of drug-likeness (QED) is 0.276. The number of fused-ring (bicyclic) bond motifs is 3. The molecule has 1 saturated heterocycles. The number of unbranched alkanes of at least 4 members (excludes halogenated alkanes) is 1. The number of pyridine rings is 1. The molecule has 1 fully saturated rings. The number of aliphatic hydroxyl groups is 1. The van der Waals surface area contributed by atoms with Crippen molar-refractivity contribution in [2.75, 3.05) is 19.6 Å². The van der Waals surface area contributed by atoms with Crippen LogP contribution in [0.5, 0.6) is 0 Å². The molecule has 0 atom stereocenters. The number of benzene rings is 2. The number of carbonyl (C=O) groups is 2. The van der Waals surface area contributed by atoms with Crippen LogP contribution >= 0.6 is 23.2 Å². The second kappa shape index (κ2) is 12.2. The van der Waals surface area contributed by atoms with Crippen LogP contribution in [-0.4, -0.2) is 61.6 Å². The maximum atomic E-state index is 12.9. The monoisotopic (exact) mass is 621 g/mol. The molecule has 2 aromatic carbocycles. The number of piperidine rings is 1. The van der Waals surface area contributed by atoms with Crippen molar-refractivity contribution in [3.8, 4) is 0 Å². The first-order valence-corrected chi connectivity index (χ1v) is 15.5. The van der Waals surface area contributed by atoms with E-state index in [0.29, 0.717) is 73.2 Å². The molecule has 0 radical (unpaired) electrons. The fourth-order valence-electron chi connectivity index (χ4n) is 6.10. The van der Waals surface area contributed by atoms with E-state index in [1.807, 2.05) is 6.07 Å². The highest BCUT2D eigenvalue weighted by atomic mass is 35.5. The van der Waals surface area contributed by atoms with Gasteiger partial charge < -0.3 is 15.3 Å². The van der Waals surface area contributed by atoms with Gasteiger partial charge in [-0.15, -0.1) is 0 Å². The third kappa shape index (κ3) is 6.25. The SMILES string of the molecule is O=C(NCCCCC(=O)N1CCC(O)(Cn2cnc3cc(Cl)ccc3c2=O)CC1)c1ccc2c(Cl)c3c(nc2c1)CCC3. The molecule has 3 heterocycles. The Morgan fingerprint density at radius 3 is 2.60 bits per heavy atom. The van der Waals surface area contributed by atoms with Gasteiger partial charge in [-0.25, -0.2) is 4.98 Å². The number of amides is 2. The summed E-state index contributed by atoms with van der Waals surface area (Å²) in [4.78, 5) is 49.3. The second-order valence-corrected chi connectivity index (χ2v) is 12.4. The zero-order valence-electron chi connectivity index (χ0n) is 23.7. The van der Waals surface area contributed by atoms with Crippen LogP contribution in [0.3, 0.4) is 0 Å². The van der Waals surface area contributed by atoms with Crippen LogP contribution < -0.4 is 10.9 Å². The average Bonchev–Trinajstić information content (AvgIpc) is 3.47. The van der Waals surface area contributed by atoms with Crippen molar-refractivity contribution < 1.29 is 14.7 Å². The maximum absolute atomic E-state index is 12.9. The molecular weight excluding hydrogens is 589 g/mol. The molecule has 0 spiro atoms. The minimum Gasteiger partial charge on any atom is -0.388 e. The Kier molecular flexibility index (Phi) is 8.40. The lowest BCUT2D eigenvalue weighted by atomic mass is 9.91. The summed E-state index contributed by atoms with van der Waals surface area (Å²) >= 11 is 12.6. The standard InChI is InChI=1S/C32H33Cl2N5O4/c33-21-8-10-24-26(17-21)36-19-39(31(24)42)18-32(43)11-14-38(15-12-32)28(40)6-1-2-13-35-30(41)20-7-9-23-27(16-20)37-25-5-3-4-22(25)29(23)34/h7-10,16-17,19,43H,1-6,11-15,18H2,(H,35,41). The van der Waals surface area contributed by atoms with Crippen LogP contribution in [0.25, 0.3) is 21.8 Å². The predicted octanol–water partition coefficient (Wildman–Crippen LogP) is 4.69. The number of aromatic nitrogens is 3. The van der Waals surface area contributed by atoms with Crippen molar-refractivity contribution in [3.63, 3.8) is 0 Å². The highest BCUT2D eigenvalue weighted by Crippen LogP contribution is 2.34. The molecule has 4 aromatic rings. The summed E-state index contributed by atoms with van der Waals surface area (Å²) in [6.07, 6.45) is 6.78. The molecule has 1 aliphatic heterocycles. The van der Waals surface area contributed by atoms with Crippen molar-refractivity contribution in [2.24, 2.45) is 0 Å². The number of hydrogen-bond acceptors (Lipinski definition) is 6. The van der Waals surface area contributed by atoms with E-state index in [2.05, 4.69) is 10.3 Å². The Morgan fingerprint density at radius 1 is 1.00 bits per heavy atom. The van der Waals surface area contributed by atoms with Gasteiger partial charge in [0.25, 0.3) is 11.5 Å². The molecule has 43 heavy (non-hydrogen) atoms. The molecule has 2 aliphatic rings. The molecule has 0 unspecified atom stereocenters. The summed E-state index contributed by atoms with van der Waals surface area (Å²) in [5.74, 6) is -0.147. The number of aryl methyl sites for hydroxylation is 1. The second-order valence-electron chi connectivity index (χ2n) is 11.6. The Balaban J connectivity index is 0.945. The minimum absolute atomic E-state index is 0.0276. The lowest BCUT2D eigenvalue weighted by Gasteiger charge is -2.38. The highest BCUT2D eigenvalue weighted by Gasteiger charge is 2.34. The normalized spacial score (nSPS) is 16.0. The van der Waals surface area contributed by atoms with Crippen molar-refractivity contribution >= 4 is 56.8 Å². The van der Waals surface area contributed by atoms with Gasteiger partial charge in [-0.1, -0.05) is 29.3 Å². The first-order chi connectivity index (χ1) is 20.7. The minimum atomic E-state index is -1.10. The number of halogens is 2. The van der Waals surface area contributed by atoms with E-state index in [0.717, 1.165) is 46.4 Å². The first-order valence-electron chi connectivity index (χ1n) is 14.7. The molecule has 2 amide bonds. The van der Waals surface area contributed by atoms with Crippen LogP contribution in [0.4, 0.5) is 0 Å². The molecule has 2 N–H and O–H groups in total. The van der Waals surface area contributed by atoms with Crippen LogP contribution in [0.15, 0.2) is 47.5 Å². The number of rotatable bonds is 8. The van der Waals surface area contributed by atoms with E-state index < -0.39 is 5.60 Å². The van der Waals surface area contributed by atoms with Gasteiger partial charge in [0.1, 0.15) is 0 Å². The van der Waals surface area contributed by atoms with Crippen molar-refractivity contribution in [3.05, 3.63) is 79.9 Å². The van der Waals surface area contributed by atoms with Crippen LogP contribution in [-0.2, 0) is 24.2 Å². The van der Waals surface area contributed by atoms with E-state index in [4.69, 9.17) is 28.2 Å². The molecule has 0 bridgehead atoms. The molecule has 2 aromatic heterocycles. The van der Waals surface area contributed by atoms with Gasteiger partial charge in [-0.3, -0.25) is 23.9 Å². The Bertz CT molecular complexity index is 1780. The molecule has 9 nitrogen and oxygen atoms in total. The van der Waals surface area contributed by atoms with Gasteiger partial charge in [-0.2, -0.15) is 0 Å². The molecular formula is C32H33Cl2N5O4. The van der Waals surface area contributed by atoms with Gasteiger partial charge in [0.05, 0.1) is 39.9 Å². The van der Waals surface area contributed by atoms with Crippen LogP contribution in [0, 0.1) is 0 Å². The molecule has 0 saturated carbocycles. The fraction of sp³-hybridized carbons (Fsp3) is 0.406. The first kappa shape index (κ1) is 29.5. The van der Waals surface area contributed by atoms with Crippen molar-refractivity contribution in [1.29, 1.82) is 0 Å². The van der Waals surface area contributed by atoms with E-state index in [1.54, 1.807) is 35.2 Å². The summed E-state index contributed by atoms with van der Waals surface area (Å²) in [7, 11) is 0. The molecule has 11 heteroatoms. The van der Waals surface area contributed by atoms with E-state index >= 15 is 0 Å². The molecule has 224 valence electrons. The lowest BCUT2D eigenvalue weighted by molar-refractivity contribution is -0.136. The lowest BCUT2D eigenvalue weighted by Crippen LogP contribution is -2.49. The topological polar surface area (TPSA) is 117 Å². The summed E-state index contributed by atoms with van der Waals surface area (Å²) < 4.78 is 1.43.